The lowest BCUT2D eigenvalue weighted by Crippen LogP contribution is -2.27. The summed E-state index contributed by atoms with van der Waals surface area (Å²) in [4.78, 5) is 43.8. The van der Waals surface area contributed by atoms with Gasteiger partial charge in [-0.25, -0.2) is 4.79 Å². The molecule has 27 heavy (non-hydrogen) atoms. The van der Waals surface area contributed by atoms with Crippen molar-refractivity contribution in [3.63, 3.8) is 0 Å². The lowest BCUT2D eigenvalue weighted by atomic mass is 10.1. The number of aromatic nitrogens is 5. The SMILES string of the molecule is Cc1[nH]c(=O)[nH]c(=O)c1CCC(=O)Nc1ccn(CCc2ccncc2)n1. The highest BCUT2D eigenvalue weighted by atomic mass is 16.2. The van der Waals surface area contributed by atoms with Crippen molar-refractivity contribution in [2.24, 2.45) is 0 Å². The van der Waals surface area contributed by atoms with Crippen LogP contribution in [-0.2, 0) is 24.2 Å². The van der Waals surface area contributed by atoms with Crippen LogP contribution in [0.25, 0.3) is 0 Å². The number of hydrogen-bond donors (Lipinski definition) is 3. The second-order valence-corrected chi connectivity index (χ2v) is 6.13. The molecule has 3 rings (SSSR count). The molecule has 3 N–H and O–H groups in total. The van der Waals surface area contributed by atoms with Crippen LogP contribution in [0.1, 0.15) is 23.2 Å². The van der Waals surface area contributed by atoms with Crippen LogP contribution in [0.4, 0.5) is 5.82 Å². The third-order valence-electron chi connectivity index (χ3n) is 4.14. The normalized spacial score (nSPS) is 10.7. The summed E-state index contributed by atoms with van der Waals surface area (Å²) in [6, 6.07) is 5.63. The number of aromatic amines is 2. The van der Waals surface area contributed by atoms with Crippen LogP contribution in [0.15, 0.2) is 46.4 Å². The number of anilines is 1. The number of hydrogen-bond acceptors (Lipinski definition) is 5. The maximum absolute atomic E-state index is 12.1. The van der Waals surface area contributed by atoms with Gasteiger partial charge in [-0.1, -0.05) is 0 Å². The third-order valence-corrected chi connectivity index (χ3v) is 4.14. The van der Waals surface area contributed by atoms with Crippen molar-refractivity contribution >= 4 is 11.7 Å². The smallest absolute Gasteiger partial charge is 0.311 e. The van der Waals surface area contributed by atoms with Crippen LogP contribution in [0.5, 0.6) is 0 Å². The lowest BCUT2D eigenvalue weighted by molar-refractivity contribution is -0.116. The van der Waals surface area contributed by atoms with E-state index in [1.54, 1.807) is 36.3 Å². The minimum absolute atomic E-state index is 0.111. The molecule has 0 spiro atoms. The van der Waals surface area contributed by atoms with Crippen LogP contribution in [0.3, 0.4) is 0 Å². The number of rotatable bonds is 7. The van der Waals surface area contributed by atoms with Crippen LogP contribution in [-0.4, -0.2) is 30.6 Å². The second kappa shape index (κ2) is 8.26. The van der Waals surface area contributed by atoms with Crippen LogP contribution in [0, 0.1) is 6.92 Å². The van der Waals surface area contributed by atoms with Gasteiger partial charge in [0.25, 0.3) is 5.56 Å². The molecule has 0 saturated carbocycles. The molecular weight excluding hydrogens is 348 g/mol. The zero-order chi connectivity index (χ0) is 19.2. The van der Waals surface area contributed by atoms with Gasteiger partial charge in [0.2, 0.25) is 5.91 Å². The monoisotopic (exact) mass is 368 g/mol. The zero-order valence-electron chi connectivity index (χ0n) is 14.9. The van der Waals surface area contributed by atoms with E-state index in [9.17, 15) is 14.4 Å². The van der Waals surface area contributed by atoms with Crippen molar-refractivity contribution < 1.29 is 4.79 Å². The highest BCUT2D eigenvalue weighted by molar-refractivity contribution is 5.89. The number of nitrogens with one attached hydrogen (secondary N) is 3. The first-order valence-electron chi connectivity index (χ1n) is 8.55. The molecule has 3 aromatic rings. The van der Waals surface area contributed by atoms with E-state index < -0.39 is 11.2 Å². The zero-order valence-corrected chi connectivity index (χ0v) is 14.9. The predicted octanol–water partition coefficient (Wildman–Crippen LogP) is 0.777. The molecule has 3 aromatic heterocycles. The van der Waals surface area contributed by atoms with Crippen LogP contribution in [0.2, 0.25) is 0 Å². The Morgan fingerprint density at radius 3 is 2.67 bits per heavy atom. The van der Waals surface area contributed by atoms with E-state index >= 15 is 0 Å². The topological polar surface area (TPSA) is 126 Å². The minimum atomic E-state index is -0.553. The molecule has 0 fully saturated rings. The Kier molecular flexibility index (Phi) is 5.60. The first-order chi connectivity index (χ1) is 13.0. The largest absolute Gasteiger partial charge is 0.325 e. The fraction of sp³-hybridized carbons (Fsp3) is 0.278. The fourth-order valence-electron chi connectivity index (χ4n) is 2.72. The van der Waals surface area contributed by atoms with E-state index in [2.05, 4.69) is 25.4 Å². The summed E-state index contributed by atoms with van der Waals surface area (Å²) in [5.74, 6) is 0.209. The molecule has 0 aliphatic heterocycles. The molecule has 3 heterocycles. The van der Waals surface area contributed by atoms with Crippen molar-refractivity contribution in [3.05, 3.63) is 74.4 Å². The Morgan fingerprint density at radius 1 is 1.15 bits per heavy atom. The summed E-state index contributed by atoms with van der Waals surface area (Å²) in [6.07, 6.45) is 6.45. The van der Waals surface area contributed by atoms with Crippen molar-refractivity contribution in [1.29, 1.82) is 0 Å². The van der Waals surface area contributed by atoms with Gasteiger partial charge in [0.05, 0.1) is 0 Å². The molecule has 0 unspecified atom stereocenters. The van der Waals surface area contributed by atoms with E-state index in [-0.39, 0.29) is 18.7 Å². The Hall–Kier alpha value is -3.49. The average molecular weight is 368 g/mol. The first kappa shape index (κ1) is 18.3. The molecular formula is C18H20N6O3. The number of amides is 1. The first-order valence-corrected chi connectivity index (χ1v) is 8.55. The number of H-pyrrole nitrogens is 2. The molecule has 0 aromatic carbocycles. The molecule has 0 aliphatic carbocycles. The van der Waals surface area contributed by atoms with E-state index in [1.165, 1.54) is 0 Å². The number of nitrogens with zero attached hydrogens (tertiary/aromatic N) is 3. The van der Waals surface area contributed by atoms with Crippen molar-refractivity contribution in [1.82, 2.24) is 24.7 Å². The third kappa shape index (κ3) is 5.00. The molecule has 0 radical (unpaired) electrons. The fourth-order valence-corrected chi connectivity index (χ4v) is 2.72. The number of carbonyl (C=O) groups excluding carboxylic acids is 1. The Morgan fingerprint density at radius 2 is 1.93 bits per heavy atom. The standard InChI is InChI=1S/C18H20N6O3/c1-12-14(17(26)22-18(27)20-12)2-3-16(25)21-15-7-11-24(23-15)10-6-13-4-8-19-9-5-13/h4-5,7-9,11H,2-3,6,10H2,1H3,(H,21,23,25)(H2,20,22,26,27). The quantitative estimate of drug-likeness (QED) is 0.568. The van der Waals surface area contributed by atoms with Gasteiger partial charge in [-0.15, -0.1) is 0 Å². The van der Waals surface area contributed by atoms with Gasteiger partial charge in [0.15, 0.2) is 5.82 Å². The maximum Gasteiger partial charge on any atom is 0.325 e. The van der Waals surface area contributed by atoms with Gasteiger partial charge < -0.3 is 10.3 Å². The number of pyridine rings is 1. The molecule has 9 nitrogen and oxygen atoms in total. The van der Waals surface area contributed by atoms with Gasteiger partial charge in [0.1, 0.15) is 0 Å². The lowest BCUT2D eigenvalue weighted by Gasteiger charge is -2.05. The molecule has 0 aliphatic rings. The summed E-state index contributed by atoms with van der Waals surface area (Å²) in [6.45, 7) is 2.32. The molecule has 1 amide bonds. The van der Waals surface area contributed by atoms with E-state index in [4.69, 9.17) is 0 Å². The summed E-state index contributed by atoms with van der Waals surface area (Å²) in [5.41, 5.74) is 1.00. The van der Waals surface area contributed by atoms with Crippen molar-refractivity contribution in [3.8, 4) is 0 Å². The average Bonchev–Trinajstić information content (AvgIpc) is 3.07. The highest BCUT2D eigenvalue weighted by Gasteiger charge is 2.10. The van der Waals surface area contributed by atoms with Crippen molar-refractivity contribution in [2.45, 2.75) is 32.7 Å². The summed E-state index contributed by atoms with van der Waals surface area (Å²) < 4.78 is 1.76. The summed E-state index contributed by atoms with van der Waals surface area (Å²) in [5, 5.41) is 7.04. The molecule has 0 bridgehead atoms. The Balaban J connectivity index is 1.52. The molecule has 0 saturated heterocycles. The molecule has 140 valence electrons. The van der Waals surface area contributed by atoms with Gasteiger partial charge in [0, 0.05) is 48.9 Å². The molecule has 0 atom stereocenters. The van der Waals surface area contributed by atoms with E-state index in [1.807, 2.05) is 12.1 Å². The minimum Gasteiger partial charge on any atom is -0.311 e. The van der Waals surface area contributed by atoms with E-state index in [0.29, 0.717) is 23.6 Å². The number of aryl methyl sites for hydroxylation is 3. The summed E-state index contributed by atoms with van der Waals surface area (Å²) >= 11 is 0. The highest BCUT2D eigenvalue weighted by Crippen LogP contribution is 2.07. The summed E-state index contributed by atoms with van der Waals surface area (Å²) in [7, 11) is 0. The van der Waals surface area contributed by atoms with Crippen LogP contribution < -0.4 is 16.6 Å². The predicted molar refractivity (Wildman–Crippen MR) is 99.5 cm³/mol. The van der Waals surface area contributed by atoms with Gasteiger partial charge in [-0.3, -0.25) is 24.2 Å². The van der Waals surface area contributed by atoms with Gasteiger partial charge in [-0.2, -0.15) is 5.10 Å². The van der Waals surface area contributed by atoms with Crippen molar-refractivity contribution in [2.75, 3.05) is 5.32 Å². The van der Waals surface area contributed by atoms with Crippen LogP contribution >= 0.6 is 0 Å². The van der Waals surface area contributed by atoms with E-state index in [0.717, 1.165) is 12.0 Å². The molecule has 9 heteroatoms. The Labute approximate surface area is 154 Å². The maximum atomic E-state index is 12.1. The second-order valence-electron chi connectivity index (χ2n) is 6.13. The van der Waals surface area contributed by atoms with Gasteiger partial charge in [-0.05, 0) is 37.5 Å². The Bertz CT molecular complexity index is 1030. The number of carbonyl (C=O) groups is 1. The van der Waals surface area contributed by atoms with Gasteiger partial charge >= 0.3 is 5.69 Å².